The van der Waals surface area contributed by atoms with Crippen molar-refractivity contribution < 1.29 is 18.4 Å². The number of pyridine rings is 1. The van der Waals surface area contributed by atoms with Crippen molar-refractivity contribution in [3.63, 3.8) is 0 Å². The SMILES string of the molecule is O=C(NCCNc1ncc(C(=O)N2CCCCC2)cc1Cl)c1c(F)cccc1F. The summed E-state index contributed by atoms with van der Waals surface area (Å²) in [4.78, 5) is 30.4. The Morgan fingerprint density at radius 1 is 1.10 bits per heavy atom. The summed E-state index contributed by atoms with van der Waals surface area (Å²) in [7, 11) is 0. The number of aromatic nitrogens is 1. The van der Waals surface area contributed by atoms with Crippen LogP contribution in [0.2, 0.25) is 5.02 Å². The van der Waals surface area contributed by atoms with Gasteiger partial charge in [-0.3, -0.25) is 9.59 Å². The van der Waals surface area contributed by atoms with Gasteiger partial charge < -0.3 is 15.5 Å². The number of halogens is 3. The standard InChI is InChI=1S/C20H21ClF2N4O2/c21-14-11-13(20(29)27-9-2-1-3-10-27)12-26-18(14)24-7-8-25-19(28)17-15(22)5-4-6-16(17)23/h4-6,11-12H,1-3,7-10H2,(H,24,26)(H,25,28). The van der Waals surface area contributed by atoms with Gasteiger partial charge in [-0.1, -0.05) is 17.7 Å². The van der Waals surface area contributed by atoms with Crippen molar-refractivity contribution in [1.82, 2.24) is 15.2 Å². The van der Waals surface area contributed by atoms with Gasteiger partial charge in [0.05, 0.1) is 10.6 Å². The maximum Gasteiger partial charge on any atom is 0.257 e. The van der Waals surface area contributed by atoms with Gasteiger partial charge in [-0.05, 0) is 37.5 Å². The summed E-state index contributed by atoms with van der Waals surface area (Å²) in [6, 6.07) is 4.79. The zero-order valence-corrected chi connectivity index (χ0v) is 16.4. The lowest BCUT2D eigenvalue weighted by molar-refractivity contribution is 0.0723. The molecule has 1 fully saturated rings. The fourth-order valence-electron chi connectivity index (χ4n) is 3.12. The molecular formula is C20H21ClF2N4O2. The van der Waals surface area contributed by atoms with Crippen LogP contribution in [0, 0.1) is 11.6 Å². The van der Waals surface area contributed by atoms with Crippen molar-refractivity contribution in [2.45, 2.75) is 19.3 Å². The molecule has 0 unspecified atom stereocenters. The number of hydrogen-bond acceptors (Lipinski definition) is 4. The molecule has 2 N–H and O–H groups in total. The minimum Gasteiger partial charge on any atom is -0.367 e. The molecule has 1 aliphatic heterocycles. The van der Waals surface area contributed by atoms with Crippen LogP contribution in [0.25, 0.3) is 0 Å². The third-order valence-corrected chi connectivity index (χ3v) is 4.91. The van der Waals surface area contributed by atoms with Gasteiger partial charge in [-0.25, -0.2) is 13.8 Å². The van der Waals surface area contributed by atoms with E-state index in [4.69, 9.17) is 11.6 Å². The number of carbonyl (C=O) groups is 2. The number of likely N-dealkylation sites (tertiary alicyclic amines) is 1. The molecule has 29 heavy (non-hydrogen) atoms. The lowest BCUT2D eigenvalue weighted by Gasteiger charge is -2.26. The van der Waals surface area contributed by atoms with Crippen LogP contribution in [-0.2, 0) is 0 Å². The van der Waals surface area contributed by atoms with E-state index in [1.165, 1.54) is 12.3 Å². The number of amides is 2. The summed E-state index contributed by atoms with van der Waals surface area (Å²) in [5.74, 6) is -2.43. The molecule has 6 nitrogen and oxygen atoms in total. The van der Waals surface area contributed by atoms with E-state index < -0.39 is 23.1 Å². The quantitative estimate of drug-likeness (QED) is 0.699. The lowest BCUT2D eigenvalue weighted by Crippen LogP contribution is -2.35. The lowest BCUT2D eigenvalue weighted by atomic mass is 10.1. The van der Waals surface area contributed by atoms with Gasteiger partial charge in [-0.2, -0.15) is 0 Å². The van der Waals surface area contributed by atoms with Crippen LogP contribution < -0.4 is 10.6 Å². The van der Waals surface area contributed by atoms with E-state index in [0.717, 1.165) is 44.5 Å². The number of anilines is 1. The van der Waals surface area contributed by atoms with E-state index in [-0.39, 0.29) is 24.0 Å². The van der Waals surface area contributed by atoms with E-state index in [1.807, 2.05) is 0 Å². The zero-order chi connectivity index (χ0) is 20.8. The van der Waals surface area contributed by atoms with Gasteiger partial charge in [0.25, 0.3) is 11.8 Å². The average molecular weight is 423 g/mol. The highest BCUT2D eigenvalue weighted by atomic mass is 35.5. The fraction of sp³-hybridized carbons (Fsp3) is 0.350. The summed E-state index contributed by atoms with van der Waals surface area (Å²) in [6.45, 7) is 1.80. The molecular weight excluding hydrogens is 402 g/mol. The van der Waals surface area contributed by atoms with E-state index >= 15 is 0 Å². The molecule has 2 aromatic rings. The Balaban J connectivity index is 1.52. The summed E-state index contributed by atoms with van der Waals surface area (Å²) < 4.78 is 27.2. The third-order valence-electron chi connectivity index (χ3n) is 4.62. The highest BCUT2D eigenvalue weighted by molar-refractivity contribution is 6.33. The second-order valence-corrected chi connectivity index (χ2v) is 7.09. The highest BCUT2D eigenvalue weighted by Gasteiger charge is 2.20. The molecule has 2 amide bonds. The third kappa shape index (κ3) is 5.20. The number of rotatable bonds is 6. The zero-order valence-electron chi connectivity index (χ0n) is 15.7. The molecule has 1 aliphatic rings. The van der Waals surface area contributed by atoms with Crippen LogP contribution in [0.3, 0.4) is 0 Å². The van der Waals surface area contributed by atoms with E-state index in [0.29, 0.717) is 11.4 Å². The first-order valence-corrected chi connectivity index (χ1v) is 9.76. The summed E-state index contributed by atoms with van der Waals surface area (Å²) in [5, 5.41) is 5.63. The van der Waals surface area contributed by atoms with Gasteiger partial charge in [0.1, 0.15) is 23.0 Å². The van der Waals surface area contributed by atoms with Gasteiger partial charge >= 0.3 is 0 Å². The molecule has 0 saturated carbocycles. The van der Waals surface area contributed by atoms with Gasteiger partial charge in [-0.15, -0.1) is 0 Å². The maximum atomic E-state index is 13.6. The maximum absolute atomic E-state index is 13.6. The molecule has 0 spiro atoms. The molecule has 1 aromatic carbocycles. The monoisotopic (exact) mass is 422 g/mol. The number of nitrogens with one attached hydrogen (secondary N) is 2. The minimum atomic E-state index is -0.922. The Kier molecular flexibility index (Phi) is 6.98. The summed E-state index contributed by atoms with van der Waals surface area (Å²) in [5.41, 5.74) is -0.199. The Morgan fingerprint density at radius 3 is 2.45 bits per heavy atom. The van der Waals surface area contributed by atoms with Crippen LogP contribution in [-0.4, -0.2) is 47.9 Å². The average Bonchev–Trinajstić information content (AvgIpc) is 2.72. The number of hydrogen-bond donors (Lipinski definition) is 2. The number of nitrogens with zero attached hydrogens (tertiary/aromatic N) is 2. The largest absolute Gasteiger partial charge is 0.367 e. The van der Waals surface area contributed by atoms with E-state index in [1.54, 1.807) is 11.0 Å². The highest BCUT2D eigenvalue weighted by Crippen LogP contribution is 2.22. The van der Waals surface area contributed by atoms with Crippen molar-refractivity contribution >= 4 is 29.2 Å². The normalized spacial score (nSPS) is 13.8. The predicted octanol–water partition coefficient (Wildman–Crippen LogP) is 3.48. The Morgan fingerprint density at radius 2 is 1.79 bits per heavy atom. The van der Waals surface area contributed by atoms with Crippen molar-refractivity contribution in [2.75, 3.05) is 31.5 Å². The Hall–Kier alpha value is -2.74. The Labute approximate surface area is 172 Å². The van der Waals surface area contributed by atoms with Gasteiger partial charge in [0.2, 0.25) is 0 Å². The molecule has 0 atom stereocenters. The minimum absolute atomic E-state index is 0.0928. The van der Waals surface area contributed by atoms with Gasteiger partial charge in [0.15, 0.2) is 0 Å². The molecule has 0 aliphatic carbocycles. The van der Waals surface area contributed by atoms with Gasteiger partial charge in [0, 0.05) is 32.4 Å². The van der Waals surface area contributed by atoms with Crippen LogP contribution >= 0.6 is 11.6 Å². The van der Waals surface area contributed by atoms with Crippen LogP contribution in [0.15, 0.2) is 30.5 Å². The van der Waals surface area contributed by atoms with Crippen molar-refractivity contribution in [3.05, 3.63) is 58.2 Å². The molecule has 9 heteroatoms. The molecule has 1 saturated heterocycles. The first-order chi connectivity index (χ1) is 14.0. The number of carbonyl (C=O) groups excluding carboxylic acids is 2. The first-order valence-electron chi connectivity index (χ1n) is 9.38. The predicted molar refractivity (Wildman–Crippen MR) is 106 cm³/mol. The first kappa shape index (κ1) is 21.0. The smallest absolute Gasteiger partial charge is 0.257 e. The van der Waals surface area contributed by atoms with Crippen molar-refractivity contribution in [1.29, 1.82) is 0 Å². The molecule has 1 aromatic heterocycles. The van der Waals surface area contributed by atoms with Crippen LogP contribution in [0.4, 0.5) is 14.6 Å². The molecule has 3 rings (SSSR count). The topological polar surface area (TPSA) is 74.3 Å². The van der Waals surface area contributed by atoms with E-state index in [2.05, 4.69) is 15.6 Å². The fourth-order valence-corrected chi connectivity index (χ4v) is 3.36. The number of piperidine rings is 1. The number of benzene rings is 1. The molecule has 0 bridgehead atoms. The summed E-state index contributed by atoms with van der Waals surface area (Å²) in [6.07, 6.45) is 4.58. The van der Waals surface area contributed by atoms with Crippen LogP contribution in [0.5, 0.6) is 0 Å². The van der Waals surface area contributed by atoms with Crippen molar-refractivity contribution in [2.24, 2.45) is 0 Å². The Bertz CT molecular complexity index is 884. The summed E-state index contributed by atoms with van der Waals surface area (Å²) >= 11 is 6.21. The second-order valence-electron chi connectivity index (χ2n) is 6.69. The molecule has 2 heterocycles. The van der Waals surface area contributed by atoms with Crippen molar-refractivity contribution in [3.8, 4) is 0 Å². The molecule has 0 radical (unpaired) electrons. The second kappa shape index (κ2) is 9.65. The van der Waals surface area contributed by atoms with E-state index in [9.17, 15) is 18.4 Å². The van der Waals surface area contributed by atoms with Crippen LogP contribution in [0.1, 0.15) is 40.0 Å². The molecule has 154 valence electrons.